The second-order valence-electron chi connectivity index (χ2n) is 5.62. The highest BCUT2D eigenvalue weighted by Gasteiger charge is 2.29. The van der Waals surface area contributed by atoms with E-state index in [9.17, 15) is 12.8 Å². The number of rotatable bonds is 5. The molecule has 1 aliphatic heterocycles. The van der Waals surface area contributed by atoms with Gasteiger partial charge in [-0.3, -0.25) is 0 Å². The Balaban J connectivity index is 1.91. The molecule has 0 radical (unpaired) electrons. The molecule has 2 aromatic rings. The van der Waals surface area contributed by atoms with Crippen LogP contribution in [0.25, 0.3) is 0 Å². The van der Waals surface area contributed by atoms with E-state index in [4.69, 9.17) is 0 Å². The van der Waals surface area contributed by atoms with Crippen molar-refractivity contribution in [3.63, 3.8) is 0 Å². The third-order valence-corrected chi connectivity index (χ3v) is 5.55. The number of sulfone groups is 1. The van der Waals surface area contributed by atoms with Crippen molar-refractivity contribution in [1.82, 2.24) is 20.1 Å². The van der Waals surface area contributed by atoms with Crippen molar-refractivity contribution in [3.8, 4) is 0 Å². The van der Waals surface area contributed by atoms with E-state index in [2.05, 4.69) is 15.5 Å². The molecular weight excluding hydrogens is 319 g/mol. The largest absolute Gasteiger partial charge is 0.307 e. The average Bonchev–Trinajstić information content (AvgIpc) is 3.17. The van der Waals surface area contributed by atoms with Crippen LogP contribution in [-0.4, -0.2) is 29.7 Å². The van der Waals surface area contributed by atoms with Gasteiger partial charge in [0.05, 0.1) is 11.8 Å². The fraction of sp³-hybridized carbons (Fsp3) is 0.467. The summed E-state index contributed by atoms with van der Waals surface area (Å²) >= 11 is 0. The molecule has 1 fully saturated rings. The van der Waals surface area contributed by atoms with E-state index in [0.717, 1.165) is 19.4 Å². The van der Waals surface area contributed by atoms with Gasteiger partial charge in [-0.05, 0) is 44.0 Å². The number of hydrogen-bond donors (Lipinski definition) is 1. The van der Waals surface area contributed by atoms with Crippen molar-refractivity contribution in [1.29, 1.82) is 0 Å². The Kier molecular flexibility index (Phi) is 4.45. The first-order valence-electron chi connectivity index (χ1n) is 7.65. The first-order chi connectivity index (χ1) is 11.0. The zero-order valence-electron chi connectivity index (χ0n) is 12.9. The third kappa shape index (κ3) is 3.28. The number of nitrogens with zero attached hydrogens (tertiary/aromatic N) is 3. The van der Waals surface area contributed by atoms with Gasteiger partial charge in [0.15, 0.2) is 5.82 Å². The molecule has 0 bridgehead atoms. The van der Waals surface area contributed by atoms with Gasteiger partial charge in [-0.1, -0.05) is 12.1 Å². The van der Waals surface area contributed by atoms with Crippen LogP contribution in [0.3, 0.4) is 0 Å². The molecular formula is C15H19FN4O2S. The molecule has 0 saturated carbocycles. The Bertz CT molecular complexity index is 780. The van der Waals surface area contributed by atoms with Gasteiger partial charge in [-0.2, -0.15) is 0 Å². The minimum atomic E-state index is -3.64. The molecule has 0 spiro atoms. The lowest BCUT2D eigenvalue weighted by atomic mass is 10.2. The summed E-state index contributed by atoms with van der Waals surface area (Å²) < 4.78 is 39.9. The summed E-state index contributed by atoms with van der Waals surface area (Å²) in [6, 6.07) is 5.50. The average molecular weight is 338 g/mol. The van der Waals surface area contributed by atoms with Crippen LogP contribution in [0.5, 0.6) is 0 Å². The molecule has 3 rings (SSSR count). The number of hydrogen-bond acceptors (Lipinski definition) is 5. The summed E-state index contributed by atoms with van der Waals surface area (Å²) in [4.78, 5) is 0. The predicted molar refractivity (Wildman–Crippen MR) is 83.0 cm³/mol. The molecule has 2 heterocycles. The summed E-state index contributed by atoms with van der Waals surface area (Å²) in [6.07, 6.45) is 1.97. The maximum atomic E-state index is 13.0. The normalized spacial score (nSPS) is 18.4. The second kappa shape index (κ2) is 6.37. The van der Waals surface area contributed by atoms with Crippen molar-refractivity contribution in [2.45, 2.75) is 43.3 Å². The zero-order chi connectivity index (χ0) is 16.4. The SMILES string of the molecule is CCn1c(C2CCCN2)nnc1S(=O)(=O)Cc1ccc(F)cc1. The summed E-state index contributed by atoms with van der Waals surface area (Å²) in [5, 5.41) is 11.3. The number of aromatic nitrogens is 3. The molecule has 6 nitrogen and oxygen atoms in total. The van der Waals surface area contributed by atoms with Gasteiger partial charge >= 0.3 is 0 Å². The van der Waals surface area contributed by atoms with Crippen molar-refractivity contribution in [3.05, 3.63) is 41.5 Å². The van der Waals surface area contributed by atoms with Crippen LogP contribution in [-0.2, 0) is 22.1 Å². The maximum Gasteiger partial charge on any atom is 0.250 e. The molecule has 1 aromatic carbocycles. The minimum Gasteiger partial charge on any atom is -0.307 e. The van der Waals surface area contributed by atoms with E-state index in [-0.39, 0.29) is 17.0 Å². The highest BCUT2D eigenvalue weighted by molar-refractivity contribution is 7.90. The summed E-state index contributed by atoms with van der Waals surface area (Å²) in [5.41, 5.74) is 0.526. The van der Waals surface area contributed by atoms with Crippen LogP contribution >= 0.6 is 0 Å². The Hall–Kier alpha value is -1.80. The molecule has 1 aromatic heterocycles. The van der Waals surface area contributed by atoms with E-state index in [1.54, 1.807) is 4.57 Å². The van der Waals surface area contributed by atoms with Crippen LogP contribution in [0, 0.1) is 5.82 Å². The fourth-order valence-corrected chi connectivity index (χ4v) is 4.34. The van der Waals surface area contributed by atoms with Crippen molar-refractivity contribution >= 4 is 9.84 Å². The Morgan fingerprint density at radius 1 is 1.30 bits per heavy atom. The zero-order valence-corrected chi connectivity index (χ0v) is 13.7. The lowest BCUT2D eigenvalue weighted by Crippen LogP contribution is -2.20. The first-order valence-corrected chi connectivity index (χ1v) is 9.30. The van der Waals surface area contributed by atoms with Crippen LogP contribution in [0.15, 0.2) is 29.4 Å². The standard InChI is InChI=1S/C15H19FN4O2S/c1-2-20-14(13-4-3-9-17-13)18-19-15(20)23(21,22)10-11-5-7-12(16)8-6-11/h5-8,13,17H,2-4,9-10H2,1H3. The van der Waals surface area contributed by atoms with Crippen molar-refractivity contribution in [2.75, 3.05) is 6.54 Å². The van der Waals surface area contributed by atoms with E-state index in [1.165, 1.54) is 24.3 Å². The van der Waals surface area contributed by atoms with E-state index in [1.807, 2.05) is 6.92 Å². The van der Waals surface area contributed by atoms with Gasteiger partial charge in [0, 0.05) is 6.54 Å². The highest BCUT2D eigenvalue weighted by Crippen LogP contribution is 2.24. The Morgan fingerprint density at radius 2 is 2.04 bits per heavy atom. The van der Waals surface area contributed by atoms with E-state index in [0.29, 0.717) is 17.9 Å². The Morgan fingerprint density at radius 3 is 2.65 bits per heavy atom. The highest BCUT2D eigenvalue weighted by atomic mass is 32.2. The van der Waals surface area contributed by atoms with Crippen molar-refractivity contribution in [2.24, 2.45) is 0 Å². The molecule has 8 heteroatoms. The molecule has 1 N–H and O–H groups in total. The third-order valence-electron chi connectivity index (χ3n) is 3.98. The lowest BCUT2D eigenvalue weighted by molar-refractivity contribution is 0.527. The molecule has 23 heavy (non-hydrogen) atoms. The quantitative estimate of drug-likeness (QED) is 0.900. The summed E-state index contributed by atoms with van der Waals surface area (Å²) in [6.45, 7) is 3.26. The van der Waals surface area contributed by atoms with Gasteiger partial charge in [-0.15, -0.1) is 10.2 Å². The second-order valence-corrected chi connectivity index (χ2v) is 7.50. The lowest BCUT2D eigenvalue weighted by Gasteiger charge is -2.12. The van der Waals surface area contributed by atoms with E-state index < -0.39 is 15.7 Å². The van der Waals surface area contributed by atoms with Gasteiger partial charge in [0.25, 0.3) is 0 Å². The molecule has 1 saturated heterocycles. The van der Waals surface area contributed by atoms with Gasteiger partial charge in [-0.25, -0.2) is 12.8 Å². The number of halogens is 1. The molecule has 124 valence electrons. The minimum absolute atomic E-state index is 0.0203. The van der Waals surface area contributed by atoms with Crippen LogP contribution in [0.1, 0.15) is 37.2 Å². The van der Waals surface area contributed by atoms with Gasteiger partial charge in [0.2, 0.25) is 15.0 Å². The summed E-state index contributed by atoms with van der Waals surface area (Å²) in [5.74, 6) is 0.0592. The van der Waals surface area contributed by atoms with Crippen LogP contribution < -0.4 is 5.32 Å². The van der Waals surface area contributed by atoms with E-state index >= 15 is 0 Å². The topological polar surface area (TPSA) is 76.9 Å². The molecule has 1 atom stereocenters. The number of benzene rings is 1. The van der Waals surface area contributed by atoms with Crippen molar-refractivity contribution < 1.29 is 12.8 Å². The number of nitrogens with one attached hydrogen (secondary N) is 1. The molecule has 0 amide bonds. The predicted octanol–water partition coefficient (Wildman–Crippen LogP) is 1.84. The molecule has 1 aliphatic rings. The van der Waals surface area contributed by atoms with Crippen LogP contribution in [0.4, 0.5) is 4.39 Å². The summed E-state index contributed by atoms with van der Waals surface area (Å²) in [7, 11) is -3.64. The monoisotopic (exact) mass is 338 g/mol. The smallest absolute Gasteiger partial charge is 0.250 e. The van der Waals surface area contributed by atoms with Gasteiger partial charge < -0.3 is 9.88 Å². The fourth-order valence-electron chi connectivity index (χ4n) is 2.85. The Labute approximate surface area is 134 Å². The molecule has 1 unspecified atom stereocenters. The first kappa shape index (κ1) is 16.1. The van der Waals surface area contributed by atoms with Crippen LogP contribution in [0.2, 0.25) is 0 Å². The maximum absolute atomic E-state index is 13.0. The molecule has 0 aliphatic carbocycles. The van der Waals surface area contributed by atoms with Gasteiger partial charge in [0.1, 0.15) is 5.82 Å².